The van der Waals surface area contributed by atoms with Gasteiger partial charge in [0, 0.05) is 17.7 Å². The van der Waals surface area contributed by atoms with E-state index in [0.29, 0.717) is 24.3 Å². The van der Waals surface area contributed by atoms with E-state index in [2.05, 4.69) is 35.9 Å². The third kappa shape index (κ3) is 3.54. The van der Waals surface area contributed by atoms with Crippen molar-refractivity contribution in [2.24, 2.45) is 0 Å². The van der Waals surface area contributed by atoms with Crippen LogP contribution in [-0.2, 0) is 9.53 Å². The minimum Gasteiger partial charge on any atom is -0.372 e. The van der Waals surface area contributed by atoms with Crippen LogP contribution in [0.25, 0.3) is 11.2 Å². The number of pyridine rings is 1. The number of amides is 1. The van der Waals surface area contributed by atoms with E-state index in [1.54, 1.807) is 0 Å². The first-order chi connectivity index (χ1) is 13.5. The number of imidazole rings is 1. The molecule has 3 aliphatic rings. The Morgan fingerprint density at radius 1 is 1.18 bits per heavy atom. The number of hydrogen-bond donors (Lipinski definition) is 1. The molecule has 1 amide bonds. The van der Waals surface area contributed by atoms with Crippen molar-refractivity contribution in [2.75, 3.05) is 5.32 Å². The second kappa shape index (κ2) is 6.83. The molecule has 5 rings (SSSR count). The molecule has 2 aliphatic carbocycles. The monoisotopic (exact) mass is 382 g/mol. The molecule has 3 heterocycles. The van der Waals surface area contributed by atoms with Crippen molar-refractivity contribution in [3.63, 3.8) is 0 Å². The molecule has 28 heavy (non-hydrogen) atoms. The van der Waals surface area contributed by atoms with Gasteiger partial charge in [0.1, 0.15) is 5.52 Å². The summed E-state index contributed by atoms with van der Waals surface area (Å²) in [6, 6.07) is 4.56. The van der Waals surface area contributed by atoms with Crippen LogP contribution < -0.4 is 5.32 Å². The molecule has 1 saturated heterocycles. The van der Waals surface area contributed by atoms with Crippen LogP contribution in [0.5, 0.6) is 0 Å². The van der Waals surface area contributed by atoms with Crippen molar-refractivity contribution in [3.8, 4) is 0 Å². The van der Waals surface area contributed by atoms with Crippen LogP contribution in [-0.4, -0.2) is 32.1 Å². The van der Waals surface area contributed by atoms with Crippen LogP contribution >= 0.6 is 0 Å². The third-order valence-corrected chi connectivity index (χ3v) is 6.45. The summed E-state index contributed by atoms with van der Waals surface area (Å²) >= 11 is 0. The first kappa shape index (κ1) is 18.1. The summed E-state index contributed by atoms with van der Waals surface area (Å²) in [4.78, 5) is 22.4. The number of ether oxygens (including phenoxy) is 1. The molecule has 3 fully saturated rings. The van der Waals surface area contributed by atoms with Crippen molar-refractivity contribution in [1.29, 1.82) is 0 Å². The van der Waals surface area contributed by atoms with Crippen molar-refractivity contribution in [1.82, 2.24) is 14.5 Å². The average molecular weight is 383 g/mol. The van der Waals surface area contributed by atoms with E-state index in [0.717, 1.165) is 43.3 Å². The first-order valence-corrected chi connectivity index (χ1v) is 10.8. The Balaban J connectivity index is 1.38. The number of aromatic nitrogens is 3. The summed E-state index contributed by atoms with van der Waals surface area (Å²) in [7, 11) is 0. The van der Waals surface area contributed by atoms with Gasteiger partial charge < -0.3 is 4.74 Å². The van der Waals surface area contributed by atoms with E-state index in [4.69, 9.17) is 14.7 Å². The van der Waals surface area contributed by atoms with E-state index >= 15 is 0 Å². The zero-order chi connectivity index (χ0) is 19.3. The lowest BCUT2D eigenvalue weighted by Crippen LogP contribution is -2.37. The molecule has 0 radical (unpaired) electrons. The molecule has 1 aliphatic heterocycles. The minimum atomic E-state index is -0.134. The number of carbonyl (C=O) groups is 1. The van der Waals surface area contributed by atoms with Crippen molar-refractivity contribution in [2.45, 2.75) is 95.3 Å². The second-order valence-electron chi connectivity index (χ2n) is 9.39. The molecule has 6 nitrogen and oxygen atoms in total. The van der Waals surface area contributed by atoms with Crippen LogP contribution in [0.1, 0.15) is 89.3 Å². The molecular weight excluding hydrogens is 352 g/mol. The predicted octanol–water partition coefficient (Wildman–Crippen LogP) is 4.71. The van der Waals surface area contributed by atoms with Gasteiger partial charge in [-0.2, -0.15) is 0 Å². The van der Waals surface area contributed by atoms with Crippen molar-refractivity contribution >= 4 is 23.0 Å². The van der Waals surface area contributed by atoms with Crippen LogP contribution in [0, 0.1) is 0 Å². The van der Waals surface area contributed by atoms with Gasteiger partial charge in [-0.3, -0.25) is 14.7 Å². The quantitative estimate of drug-likeness (QED) is 0.813. The van der Waals surface area contributed by atoms with Gasteiger partial charge in [-0.25, -0.2) is 9.97 Å². The molecular formula is C22H30N4O2. The highest BCUT2D eigenvalue weighted by Crippen LogP contribution is 2.41. The smallest absolute Gasteiger partial charge is 0.229 e. The lowest BCUT2D eigenvalue weighted by molar-refractivity contribution is -0.131. The van der Waals surface area contributed by atoms with Crippen molar-refractivity contribution in [3.05, 3.63) is 17.8 Å². The van der Waals surface area contributed by atoms with Gasteiger partial charge in [0.2, 0.25) is 11.9 Å². The van der Waals surface area contributed by atoms with E-state index < -0.39 is 0 Å². The number of carbonyl (C=O) groups excluding carboxylic acids is 1. The predicted molar refractivity (Wildman–Crippen MR) is 108 cm³/mol. The Morgan fingerprint density at radius 2 is 2.00 bits per heavy atom. The van der Waals surface area contributed by atoms with Gasteiger partial charge >= 0.3 is 0 Å². The fourth-order valence-electron chi connectivity index (χ4n) is 4.52. The molecule has 2 aromatic rings. The molecule has 1 N–H and O–H groups in total. The number of anilines is 1. The summed E-state index contributed by atoms with van der Waals surface area (Å²) < 4.78 is 8.27. The molecule has 6 heteroatoms. The van der Waals surface area contributed by atoms with Crippen LogP contribution in [0.3, 0.4) is 0 Å². The highest BCUT2D eigenvalue weighted by atomic mass is 16.5. The number of rotatable bonds is 5. The molecule has 2 aromatic heterocycles. The second-order valence-corrected chi connectivity index (χ2v) is 9.39. The fourth-order valence-corrected chi connectivity index (χ4v) is 4.52. The van der Waals surface area contributed by atoms with Gasteiger partial charge in [-0.1, -0.05) is 0 Å². The number of hydrogen-bond acceptors (Lipinski definition) is 4. The van der Waals surface area contributed by atoms with Gasteiger partial charge in [-0.05, 0) is 77.3 Å². The summed E-state index contributed by atoms with van der Waals surface area (Å²) in [5.41, 5.74) is 2.84. The van der Waals surface area contributed by atoms with Crippen LogP contribution in [0.15, 0.2) is 12.1 Å². The zero-order valence-corrected chi connectivity index (χ0v) is 16.9. The maximum Gasteiger partial charge on any atom is 0.229 e. The normalized spacial score (nSPS) is 24.9. The summed E-state index contributed by atoms with van der Waals surface area (Å²) in [5, 5.41) is 3.08. The van der Waals surface area contributed by atoms with E-state index in [-0.39, 0.29) is 17.6 Å². The number of nitrogens with one attached hydrogen (secondary N) is 1. The van der Waals surface area contributed by atoms with E-state index in [9.17, 15) is 4.79 Å². The fraction of sp³-hybridized carbons (Fsp3) is 0.682. The molecule has 150 valence electrons. The number of nitrogens with zero attached hydrogens (tertiary/aromatic N) is 3. The molecule has 0 bridgehead atoms. The van der Waals surface area contributed by atoms with Gasteiger partial charge in [0.05, 0.1) is 18.1 Å². The van der Waals surface area contributed by atoms with E-state index in [1.807, 2.05) is 0 Å². The molecule has 1 atom stereocenters. The largest absolute Gasteiger partial charge is 0.372 e. The highest BCUT2D eigenvalue weighted by Gasteiger charge is 2.32. The Labute approximate surface area is 166 Å². The molecule has 0 unspecified atom stereocenters. The molecule has 0 spiro atoms. The average Bonchev–Trinajstić information content (AvgIpc) is 3.37. The van der Waals surface area contributed by atoms with Gasteiger partial charge in [-0.15, -0.1) is 0 Å². The first-order valence-electron chi connectivity index (χ1n) is 10.8. The number of fused-ring (bicyclic) bond motifs is 1. The topological polar surface area (TPSA) is 69.0 Å². The Hall–Kier alpha value is -1.95. The Bertz CT molecular complexity index is 895. The lowest BCUT2D eigenvalue weighted by Gasteiger charge is -2.35. The van der Waals surface area contributed by atoms with Gasteiger partial charge in [0.15, 0.2) is 5.65 Å². The molecule has 2 saturated carbocycles. The molecule has 0 aromatic carbocycles. The highest BCUT2D eigenvalue weighted by molar-refractivity contribution is 5.91. The maximum atomic E-state index is 12.8. The van der Waals surface area contributed by atoms with Gasteiger partial charge in [0.25, 0.3) is 0 Å². The summed E-state index contributed by atoms with van der Waals surface area (Å²) in [6.45, 7) is 4.21. The maximum absolute atomic E-state index is 12.8. The van der Waals surface area contributed by atoms with E-state index in [1.165, 1.54) is 25.0 Å². The SMILES string of the molecule is CC1(C)CCC[C@@H](CC(=O)Nc2nc3ccc(C4CC4)nc3n2C2CCC2)O1. The zero-order valence-electron chi connectivity index (χ0n) is 16.9. The lowest BCUT2D eigenvalue weighted by atomic mass is 9.93. The minimum absolute atomic E-state index is 0.00937. The van der Waals surface area contributed by atoms with Crippen molar-refractivity contribution < 1.29 is 9.53 Å². The van der Waals surface area contributed by atoms with Crippen LogP contribution in [0.4, 0.5) is 5.95 Å². The van der Waals surface area contributed by atoms with Crippen LogP contribution in [0.2, 0.25) is 0 Å². The summed E-state index contributed by atoms with van der Waals surface area (Å²) in [6.07, 6.45) is 9.44. The standard InChI is InChI=1S/C22H30N4O2/c1-22(2)12-4-7-16(28-22)13-19(27)25-21-24-18-11-10-17(14-8-9-14)23-20(18)26(21)15-5-3-6-15/h10-11,14-16H,3-9,12-13H2,1-2H3,(H,24,25,27)/t16-/m0/s1. The summed E-state index contributed by atoms with van der Waals surface area (Å²) in [5.74, 6) is 1.25. The Morgan fingerprint density at radius 3 is 2.68 bits per heavy atom. The Kier molecular flexibility index (Phi) is 4.42. The third-order valence-electron chi connectivity index (χ3n) is 6.45.